The molecule has 0 radical (unpaired) electrons. The van der Waals surface area contributed by atoms with Crippen LogP contribution >= 0.6 is 27.5 Å². The lowest BCUT2D eigenvalue weighted by atomic mass is 9.92. The van der Waals surface area contributed by atoms with E-state index in [-0.39, 0.29) is 0 Å². The van der Waals surface area contributed by atoms with Crippen molar-refractivity contribution in [3.8, 4) is 0 Å². The van der Waals surface area contributed by atoms with E-state index in [0.29, 0.717) is 5.92 Å². The lowest BCUT2D eigenvalue weighted by Gasteiger charge is -2.17. The standard InChI is InChI=1S/C16H17BrClN/c1-19-11-14(13-4-8-16(18)9-5-13)10-12-2-6-15(17)7-3-12/h2-9,14,19H,10-11H2,1H3. The number of hydrogen-bond donors (Lipinski definition) is 1. The van der Waals surface area contributed by atoms with Gasteiger partial charge >= 0.3 is 0 Å². The van der Waals surface area contributed by atoms with Crippen LogP contribution in [0.15, 0.2) is 53.0 Å². The lowest BCUT2D eigenvalue weighted by Crippen LogP contribution is -2.19. The second-order valence-electron chi connectivity index (χ2n) is 4.64. The van der Waals surface area contributed by atoms with Crippen molar-refractivity contribution in [2.24, 2.45) is 0 Å². The molecule has 0 saturated carbocycles. The summed E-state index contributed by atoms with van der Waals surface area (Å²) in [6.07, 6.45) is 1.02. The average molecular weight is 339 g/mol. The largest absolute Gasteiger partial charge is 0.319 e. The van der Waals surface area contributed by atoms with Crippen molar-refractivity contribution >= 4 is 27.5 Å². The Labute approximate surface area is 128 Å². The fraction of sp³-hybridized carbons (Fsp3) is 0.250. The van der Waals surface area contributed by atoms with Crippen molar-refractivity contribution < 1.29 is 0 Å². The Hall–Kier alpha value is -0.830. The van der Waals surface area contributed by atoms with Crippen molar-refractivity contribution in [1.29, 1.82) is 0 Å². The Morgan fingerprint density at radius 3 is 2.26 bits per heavy atom. The summed E-state index contributed by atoms with van der Waals surface area (Å²) < 4.78 is 1.12. The number of halogens is 2. The van der Waals surface area contributed by atoms with Gasteiger partial charge in [0.05, 0.1) is 0 Å². The molecule has 2 rings (SSSR count). The molecule has 0 spiro atoms. The van der Waals surface area contributed by atoms with Crippen LogP contribution in [-0.4, -0.2) is 13.6 Å². The molecule has 2 aromatic carbocycles. The van der Waals surface area contributed by atoms with Crippen LogP contribution in [0.1, 0.15) is 17.0 Å². The molecule has 0 aliphatic carbocycles. The molecule has 19 heavy (non-hydrogen) atoms. The van der Waals surface area contributed by atoms with E-state index in [9.17, 15) is 0 Å². The zero-order chi connectivity index (χ0) is 13.7. The molecule has 100 valence electrons. The molecular weight excluding hydrogens is 322 g/mol. The number of nitrogens with one attached hydrogen (secondary N) is 1. The third kappa shape index (κ3) is 4.34. The Morgan fingerprint density at radius 2 is 1.68 bits per heavy atom. The zero-order valence-corrected chi connectivity index (χ0v) is 13.2. The minimum Gasteiger partial charge on any atom is -0.319 e. The molecule has 0 aliphatic heterocycles. The third-order valence-corrected chi connectivity index (χ3v) is 3.97. The van der Waals surface area contributed by atoms with Crippen LogP contribution in [0.2, 0.25) is 5.02 Å². The van der Waals surface area contributed by atoms with Crippen LogP contribution in [0, 0.1) is 0 Å². The van der Waals surface area contributed by atoms with Crippen molar-refractivity contribution in [3.05, 3.63) is 69.2 Å². The van der Waals surface area contributed by atoms with E-state index in [1.54, 1.807) is 0 Å². The molecular formula is C16H17BrClN. The highest BCUT2D eigenvalue weighted by molar-refractivity contribution is 9.10. The second-order valence-corrected chi connectivity index (χ2v) is 5.99. The van der Waals surface area contributed by atoms with E-state index in [2.05, 4.69) is 57.6 Å². The highest BCUT2D eigenvalue weighted by Gasteiger charge is 2.11. The molecule has 2 aromatic rings. The summed E-state index contributed by atoms with van der Waals surface area (Å²) in [5.74, 6) is 0.462. The minimum absolute atomic E-state index is 0.462. The first-order chi connectivity index (χ1) is 9.19. The first-order valence-electron chi connectivity index (χ1n) is 6.33. The molecule has 3 heteroatoms. The summed E-state index contributed by atoms with van der Waals surface area (Å²) in [6.45, 7) is 0.956. The Morgan fingerprint density at radius 1 is 1.05 bits per heavy atom. The Kier molecular flexibility index (Phi) is 5.44. The predicted molar refractivity (Wildman–Crippen MR) is 86.0 cm³/mol. The summed E-state index contributed by atoms with van der Waals surface area (Å²) in [5, 5.41) is 4.06. The summed E-state index contributed by atoms with van der Waals surface area (Å²) in [7, 11) is 1.99. The average Bonchev–Trinajstić information content (AvgIpc) is 2.42. The lowest BCUT2D eigenvalue weighted by molar-refractivity contribution is 0.626. The van der Waals surface area contributed by atoms with Gasteiger partial charge < -0.3 is 5.32 Å². The van der Waals surface area contributed by atoms with Crippen molar-refractivity contribution in [3.63, 3.8) is 0 Å². The van der Waals surface area contributed by atoms with E-state index < -0.39 is 0 Å². The molecule has 0 fully saturated rings. The van der Waals surface area contributed by atoms with Crippen LogP contribution < -0.4 is 5.32 Å². The normalized spacial score (nSPS) is 12.4. The molecule has 0 saturated heterocycles. The smallest absolute Gasteiger partial charge is 0.0406 e. The van der Waals surface area contributed by atoms with Crippen LogP contribution in [0.25, 0.3) is 0 Å². The van der Waals surface area contributed by atoms with Crippen molar-refractivity contribution in [2.75, 3.05) is 13.6 Å². The summed E-state index contributed by atoms with van der Waals surface area (Å²) in [6, 6.07) is 16.7. The van der Waals surface area contributed by atoms with Gasteiger partial charge in [0.1, 0.15) is 0 Å². The number of likely N-dealkylation sites (N-methyl/N-ethyl adjacent to an activating group) is 1. The van der Waals surface area contributed by atoms with E-state index >= 15 is 0 Å². The SMILES string of the molecule is CNCC(Cc1ccc(Br)cc1)c1ccc(Cl)cc1. The van der Waals surface area contributed by atoms with Gasteiger partial charge in [0.2, 0.25) is 0 Å². The molecule has 0 aliphatic rings. The molecule has 1 atom stereocenters. The van der Waals surface area contributed by atoms with Gasteiger partial charge in [-0.3, -0.25) is 0 Å². The van der Waals surface area contributed by atoms with Crippen LogP contribution in [0.3, 0.4) is 0 Å². The molecule has 0 bridgehead atoms. The first kappa shape index (κ1) is 14.6. The maximum atomic E-state index is 5.95. The fourth-order valence-electron chi connectivity index (χ4n) is 2.19. The topological polar surface area (TPSA) is 12.0 Å². The summed E-state index contributed by atoms with van der Waals surface area (Å²) in [4.78, 5) is 0. The summed E-state index contributed by atoms with van der Waals surface area (Å²) >= 11 is 9.42. The molecule has 1 N–H and O–H groups in total. The van der Waals surface area contributed by atoms with Crippen molar-refractivity contribution in [1.82, 2.24) is 5.32 Å². The fourth-order valence-corrected chi connectivity index (χ4v) is 2.58. The van der Waals surface area contributed by atoms with Crippen LogP contribution in [0.5, 0.6) is 0 Å². The number of rotatable bonds is 5. The maximum absolute atomic E-state index is 5.95. The van der Waals surface area contributed by atoms with Crippen molar-refractivity contribution in [2.45, 2.75) is 12.3 Å². The molecule has 1 unspecified atom stereocenters. The molecule has 0 amide bonds. The quantitative estimate of drug-likeness (QED) is 0.837. The van der Waals surface area contributed by atoms with E-state index in [0.717, 1.165) is 22.5 Å². The molecule has 1 nitrogen and oxygen atoms in total. The zero-order valence-electron chi connectivity index (χ0n) is 10.9. The van der Waals surface area contributed by atoms with Crippen LogP contribution in [-0.2, 0) is 6.42 Å². The number of benzene rings is 2. The van der Waals surface area contributed by atoms with Gasteiger partial charge in [-0.2, -0.15) is 0 Å². The van der Waals surface area contributed by atoms with Gasteiger partial charge in [0.15, 0.2) is 0 Å². The van der Waals surface area contributed by atoms with E-state index in [4.69, 9.17) is 11.6 Å². The number of hydrogen-bond acceptors (Lipinski definition) is 1. The van der Waals surface area contributed by atoms with Gasteiger partial charge in [-0.1, -0.05) is 51.8 Å². The third-order valence-electron chi connectivity index (χ3n) is 3.19. The van der Waals surface area contributed by atoms with E-state index in [1.165, 1.54) is 11.1 Å². The highest BCUT2D eigenvalue weighted by atomic mass is 79.9. The van der Waals surface area contributed by atoms with Gasteiger partial charge in [-0.25, -0.2) is 0 Å². The van der Waals surface area contributed by atoms with Gasteiger partial charge in [0, 0.05) is 22.0 Å². The summed E-state index contributed by atoms with van der Waals surface area (Å²) in [5.41, 5.74) is 2.67. The minimum atomic E-state index is 0.462. The van der Waals surface area contributed by atoms with Gasteiger partial charge in [0.25, 0.3) is 0 Å². The van der Waals surface area contributed by atoms with Crippen LogP contribution in [0.4, 0.5) is 0 Å². The van der Waals surface area contributed by atoms with E-state index in [1.807, 2.05) is 19.2 Å². The van der Waals surface area contributed by atoms with Gasteiger partial charge in [-0.05, 0) is 48.9 Å². The highest BCUT2D eigenvalue weighted by Crippen LogP contribution is 2.23. The molecule has 0 aromatic heterocycles. The Bertz CT molecular complexity index is 507. The monoisotopic (exact) mass is 337 g/mol. The predicted octanol–water partition coefficient (Wildman–Crippen LogP) is 4.65. The van der Waals surface area contributed by atoms with Gasteiger partial charge in [-0.15, -0.1) is 0 Å². The molecule has 0 heterocycles. The maximum Gasteiger partial charge on any atom is 0.0406 e. The second kappa shape index (κ2) is 7.09. The Balaban J connectivity index is 2.15. The first-order valence-corrected chi connectivity index (χ1v) is 7.50.